The smallest absolute Gasteiger partial charge is 0.138 e. The number of methoxy groups -OCH3 is 1. The summed E-state index contributed by atoms with van der Waals surface area (Å²) in [6, 6.07) is 7.35. The van der Waals surface area contributed by atoms with Crippen LogP contribution < -0.4 is 4.74 Å². The van der Waals surface area contributed by atoms with E-state index in [1.165, 1.54) is 0 Å². The fraction of sp³-hybridized carbons (Fsp3) is 0.231. The topological polar surface area (TPSA) is 39.2 Å². The first kappa shape index (κ1) is 11.9. The monoisotopic (exact) mass is 249 g/mol. The van der Waals surface area contributed by atoms with Crippen LogP contribution >= 0.6 is 11.6 Å². The van der Waals surface area contributed by atoms with Crippen molar-refractivity contribution in [1.29, 1.82) is 0 Å². The first-order valence-electron chi connectivity index (χ1n) is 5.23. The second-order valence-corrected chi connectivity index (χ2v) is 4.27. The number of ketones is 1. The molecule has 88 valence electrons. The largest absolute Gasteiger partial charge is 0.495 e. The second-order valence-electron chi connectivity index (χ2n) is 3.86. The molecule has 0 N–H and O–H groups in total. The molecule has 0 unspecified atom stereocenters. The third-order valence-electron chi connectivity index (χ3n) is 2.45. The SMILES string of the molecule is COc1cc2ccc(CC(C)=O)nc2cc1Cl. The zero-order valence-electron chi connectivity index (χ0n) is 9.66. The van der Waals surface area contributed by atoms with E-state index in [0.29, 0.717) is 17.2 Å². The maximum atomic E-state index is 11.0. The van der Waals surface area contributed by atoms with Crippen LogP contribution in [-0.4, -0.2) is 17.9 Å². The maximum absolute atomic E-state index is 11.0. The summed E-state index contributed by atoms with van der Waals surface area (Å²) in [6.45, 7) is 1.55. The van der Waals surface area contributed by atoms with E-state index < -0.39 is 0 Å². The molecule has 1 aromatic carbocycles. The van der Waals surface area contributed by atoms with Gasteiger partial charge in [-0.05, 0) is 25.1 Å². The lowest BCUT2D eigenvalue weighted by atomic mass is 10.1. The molecule has 0 aliphatic carbocycles. The van der Waals surface area contributed by atoms with Crippen LogP contribution in [0, 0.1) is 0 Å². The maximum Gasteiger partial charge on any atom is 0.138 e. The van der Waals surface area contributed by atoms with Crippen LogP contribution in [0.5, 0.6) is 5.75 Å². The van der Waals surface area contributed by atoms with Gasteiger partial charge >= 0.3 is 0 Å². The summed E-state index contributed by atoms with van der Waals surface area (Å²) in [7, 11) is 1.57. The quantitative estimate of drug-likeness (QED) is 0.839. The highest BCUT2D eigenvalue weighted by molar-refractivity contribution is 6.32. The lowest BCUT2D eigenvalue weighted by Gasteiger charge is -2.06. The minimum absolute atomic E-state index is 0.0939. The summed E-state index contributed by atoms with van der Waals surface area (Å²) in [5.41, 5.74) is 1.53. The van der Waals surface area contributed by atoms with Gasteiger partial charge in [-0.25, -0.2) is 0 Å². The summed E-state index contributed by atoms with van der Waals surface area (Å²) < 4.78 is 5.13. The van der Waals surface area contributed by atoms with Crippen LogP contribution in [0.15, 0.2) is 24.3 Å². The predicted molar refractivity (Wildman–Crippen MR) is 67.7 cm³/mol. The molecule has 1 heterocycles. The van der Waals surface area contributed by atoms with Crippen molar-refractivity contribution in [3.05, 3.63) is 35.0 Å². The van der Waals surface area contributed by atoms with Gasteiger partial charge in [0.25, 0.3) is 0 Å². The Bertz CT molecular complexity index is 581. The molecule has 2 rings (SSSR count). The van der Waals surface area contributed by atoms with Crippen molar-refractivity contribution in [3.63, 3.8) is 0 Å². The number of ether oxygens (including phenoxy) is 1. The molecule has 0 aliphatic heterocycles. The minimum atomic E-state index is 0.0939. The molecule has 0 aliphatic rings. The molecular formula is C13H12ClNO2. The van der Waals surface area contributed by atoms with Crippen molar-refractivity contribution in [2.45, 2.75) is 13.3 Å². The van der Waals surface area contributed by atoms with Gasteiger partial charge in [-0.2, -0.15) is 0 Å². The lowest BCUT2D eigenvalue weighted by Crippen LogP contribution is -1.99. The highest BCUT2D eigenvalue weighted by atomic mass is 35.5. The number of hydrogen-bond acceptors (Lipinski definition) is 3. The Kier molecular flexibility index (Phi) is 3.29. The standard InChI is InChI=1S/C13H12ClNO2/c1-8(16)5-10-4-3-9-6-13(17-2)11(14)7-12(9)15-10/h3-4,6-7H,5H2,1-2H3. The molecule has 0 saturated heterocycles. The van der Waals surface area contributed by atoms with Gasteiger partial charge in [0.2, 0.25) is 0 Å². The Labute approximate surface area is 104 Å². The van der Waals surface area contributed by atoms with Crippen molar-refractivity contribution in [2.24, 2.45) is 0 Å². The summed E-state index contributed by atoms with van der Waals surface area (Å²) in [6.07, 6.45) is 0.347. The molecule has 4 heteroatoms. The van der Waals surface area contributed by atoms with E-state index in [0.717, 1.165) is 16.6 Å². The summed E-state index contributed by atoms with van der Waals surface area (Å²) in [4.78, 5) is 15.4. The van der Waals surface area contributed by atoms with Crippen molar-refractivity contribution >= 4 is 28.3 Å². The Morgan fingerprint density at radius 1 is 1.41 bits per heavy atom. The normalized spacial score (nSPS) is 10.5. The Balaban J connectivity index is 2.51. The molecule has 0 fully saturated rings. The average molecular weight is 250 g/mol. The van der Waals surface area contributed by atoms with E-state index >= 15 is 0 Å². The van der Waals surface area contributed by atoms with Crippen molar-refractivity contribution in [2.75, 3.05) is 7.11 Å². The number of hydrogen-bond donors (Lipinski definition) is 0. The molecule has 1 aromatic heterocycles. The first-order chi connectivity index (χ1) is 8.10. The first-order valence-corrected chi connectivity index (χ1v) is 5.60. The zero-order chi connectivity index (χ0) is 12.4. The van der Waals surface area contributed by atoms with E-state index in [1.807, 2.05) is 18.2 Å². The van der Waals surface area contributed by atoms with Crippen molar-refractivity contribution in [1.82, 2.24) is 4.98 Å². The molecular weight excluding hydrogens is 238 g/mol. The van der Waals surface area contributed by atoms with Crippen LogP contribution in [-0.2, 0) is 11.2 Å². The zero-order valence-corrected chi connectivity index (χ0v) is 10.4. The third kappa shape index (κ3) is 2.56. The van der Waals surface area contributed by atoms with Crippen LogP contribution in [0.25, 0.3) is 10.9 Å². The summed E-state index contributed by atoms with van der Waals surface area (Å²) in [5.74, 6) is 0.719. The number of fused-ring (bicyclic) bond motifs is 1. The Morgan fingerprint density at radius 2 is 2.18 bits per heavy atom. The van der Waals surface area contributed by atoms with Crippen molar-refractivity contribution < 1.29 is 9.53 Å². The second kappa shape index (κ2) is 4.72. The number of carbonyl (C=O) groups excluding carboxylic acids is 1. The summed E-state index contributed by atoms with van der Waals surface area (Å²) >= 11 is 6.03. The van der Waals surface area contributed by atoms with Gasteiger partial charge in [0, 0.05) is 17.5 Å². The summed E-state index contributed by atoms with van der Waals surface area (Å²) in [5, 5.41) is 1.46. The fourth-order valence-electron chi connectivity index (χ4n) is 1.68. The number of Topliss-reactive ketones (excluding diaryl/α,β-unsaturated/α-hetero) is 1. The predicted octanol–water partition coefficient (Wildman–Crippen LogP) is 3.03. The highest BCUT2D eigenvalue weighted by Crippen LogP contribution is 2.29. The van der Waals surface area contributed by atoms with Gasteiger partial charge < -0.3 is 4.74 Å². The molecule has 3 nitrogen and oxygen atoms in total. The van der Waals surface area contributed by atoms with Crippen LogP contribution in [0.2, 0.25) is 5.02 Å². The molecule has 0 atom stereocenters. The molecule has 0 bridgehead atoms. The lowest BCUT2D eigenvalue weighted by molar-refractivity contribution is -0.116. The number of aromatic nitrogens is 1. The number of rotatable bonds is 3. The number of benzene rings is 1. The van der Waals surface area contributed by atoms with Gasteiger partial charge in [0.15, 0.2) is 0 Å². The van der Waals surface area contributed by atoms with E-state index in [9.17, 15) is 4.79 Å². The van der Waals surface area contributed by atoms with Crippen molar-refractivity contribution in [3.8, 4) is 5.75 Å². The van der Waals surface area contributed by atoms with Gasteiger partial charge in [0.05, 0.1) is 17.6 Å². The van der Waals surface area contributed by atoms with Crippen LogP contribution in [0.4, 0.5) is 0 Å². The van der Waals surface area contributed by atoms with Gasteiger partial charge in [0.1, 0.15) is 11.5 Å². The van der Waals surface area contributed by atoms with E-state index in [2.05, 4.69) is 4.98 Å². The van der Waals surface area contributed by atoms with Gasteiger partial charge in [-0.3, -0.25) is 9.78 Å². The third-order valence-corrected chi connectivity index (χ3v) is 2.75. The van der Waals surface area contributed by atoms with Crippen LogP contribution in [0.1, 0.15) is 12.6 Å². The van der Waals surface area contributed by atoms with Crippen LogP contribution in [0.3, 0.4) is 0 Å². The Hall–Kier alpha value is -1.61. The van der Waals surface area contributed by atoms with E-state index in [1.54, 1.807) is 20.1 Å². The molecule has 17 heavy (non-hydrogen) atoms. The molecule has 0 spiro atoms. The van der Waals surface area contributed by atoms with E-state index in [4.69, 9.17) is 16.3 Å². The fourth-order valence-corrected chi connectivity index (χ4v) is 1.91. The number of nitrogens with zero attached hydrogens (tertiary/aromatic N) is 1. The number of carbonyl (C=O) groups is 1. The number of pyridine rings is 1. The average Bonchev–Trinajstić information content (AvgIpc) is 2.27. The Morgan fingerprint density at radius 3 is 2.82 bits per heavy atom. The van der Waals surface area contributed by atoms with Gasteiger partial charge in [-0.15, -0.1) is 0 Å². The van der Waals surface area contributed by atoms with Gasteiger partial charge in [-0.1, -0.05) is 17.7 Å². The molecule has 0 amide bonds. The molecule has 0 saturated carbocycles. The number of halogens is 1. The molecule has 0 radical (unpaired) electrons. The van der Waals surface area contributed by atoms with E-state index in [-0.39, 0.29) is 5.78 Å². The molecule has 2 aromatic rings. The highest BCUT2D eigenvalue weighted by Gasteiger charge is 2.06. The minimum Gasteiger partial charge on any atom is -0.495 e.